The summed E-state index contributed by atoms with van der Waals surface area (Å²) in [5, 5.41) is 36.3. The lowest BCUT2D eigenvalue weighted by Crippen LogP contribution is -2.47. The van der Waals surface area contributed by atoms with E-state index in [-0.39, 0.29) is 45.1 Å². The zero-order valence-electron chi connectivity index (χ0n) is 66.7. The molecular weight excluding hydrogens is 1620 g/mol. The van der Waals surface area contributed by atoms with Gasteiger partial charge in [0.05, 0.1) is 55.4 Å². The van der Waals surface area contributed by atoms with E-state index in [9.17, 15) is 46.7 Å². The number of benzene rings is 6. The number of nitro benzene ring substituents is 2. The molecule has 6 aromatic heterocycles. The van der Waals surface area contributed by atoms with Crippen LogP contribution in [-0.2, 0) is 27.1 Å². The van der Waals surface area contributed by atoms with Crippen LogP contribution in [0.1, 0.15) is 147 Å². The van der Waals surface area contributed by atoms with Crippen LogP contribution in [0.3, 0.4) is 0 Å². The number of piperazine rings is 2. The third-order valence-electron chi connectivity index (χ3n) is 25.8. The van der Waals surface area contributed by atoms with Crippen LogP contribution in [0.5, 0.6) is 23.0 Å². The lowest BCUT2D eigenvalue weighted by molar-refractivity contribution is -0.383. The summed E-state index contributed by atoms with van der Waals surface area (Å²) in [6.45, 7) is 8.12. The number of amides is 2. The van der Waals surface area contributed by atoms with Crippen molar-refractivity contribution in [2.24, 2.45) is 17.9 Å². The highest BCUT2D eigenvalue weighted by molar-refractivity contribution is 7.90. The van der Waals surface area contributed by atoms with Gasteiger partial charge in [0.2, 0.25) is 0 Å². The molecule has 32 heteroatoms. The number of hydrogen-bond acceptors (Lipinski definition) is 20. The lowest BCUT2D eigenvalue weighted by atomic mass is 9.59. The third-order valence-corrected chi connectivity index (χ3v) is 28.9. The van der Waals surface area contributed by atoms with Gasteiger partial charge in [-0.05, 0) is 195 Å². The van der Waals surface area contributed by atoms with Crippen LogP contribution in [0.25, 0.3) is 55.0 Å². The maximum absolute atomic E-state index is 14.1. The fourth-order valence-electron chi connectivity index (χ4n) is 18.8. The number of carbonyl (C=O) groups is 2. The number of nitrogens with one attached hydrogen (secondary N) is 4. The summed E-state index contributed by atoms with van der Waals surface area (Å²) in [6.07, 6.45) is 29.4. The fourth-order valence-corrected chi connectivity index (χ4v) is 21.1. The molecule has 19 rings (SSSR count). The Morgan fingerprint density at radius 1 is 0.537 bits per heavy atom. The summed E-state index contributed by atoms with van der Waals surface area (Å²) in [5.74, 6) is -0.930. The van der Waals surface area contributed by atoms with Gasteiger partial charge in [-0.25, -0.2) is 36.2 Å². The van der Waals surface area contributed by atoms with E-state index in [1.807, 2.05) is 36.4 Å². The number of ether oxygens (including phenoxy) is 2. The summed E-state index contributed by atoms with van der Waals surface area (Å²) < 4.78 is 75.0. The molecule has 2 amide bonds. The smallest absolute Gasteiger partial charge is 0.298 e. The first-order valence-electron chi connectivity index (χ1n) is 41.2. The molecule has 624 valence electrons. The van der Waals surface area contributed by atoms with Gasteiger partial charge in [-0.15, -0.1) is 0 Å². The maximum Gasteiger partial charge on any atom is 0.298 e. The number of sulfonamides is 2. The molecule has 3 saturated carbocycles. The summed E-state index contributed by atoms with van der Waals surface area (Å²) in [4.78, 5) is 74.3. The number of carbonyl (C=O) groups excluding carboxylic acids is 2. The molecule has 2 saturated heterocycles. The van der Waals surface area contributed by atoms with Gasteiger partial charge < -0.3 is 29.2 Å². The Labute approximate surface area is 708 Å². The van der Waals surface area contributed by atoms with Crippen LogP contribution in [0.2, 0.25) is 10.0 Å². The highest BCUT2D eigenvalue weighted by Gasteiger charge is 2.43. The monoisotopic (exact) mass is 1710 g/mol. The van der Waals surface area contributed by atoms with Gasteiger partial charge in [-0.2, -0.15) is 10.2 Å². The van der Waals surface area contributed by atoms with Crippen molar-refractivity contribution in [2.75, 3.05) is 75.2 Å². The minimum Gasteiger partial charge on any atom is -0.455 e. The van der Waals surface area contributed by atoms with Gasteiger partial charge in [0.1, 0.15) is 39.8 Å². The Bertz CT molecular complexity index is 6370. The number of nitrogens with zero attached hydrogens (tertiary/aromatic N) is 12. The molecule has 6 aromatic carbocycles. The Hall–Kier alpha value is -11.5. The van der Waals surface area contributed by atoms with Crippen molar-refractivity contribution < 1.29 is 45.7 Å². The lowest BCUT2D eigenvalue weighted by Gasteiger charge is -2.47. The Balaban J connectivity index is 0.000000166. The van der Waals surface area contributed by atoms with Crippen molar-refractivity contribution in [3.8, 4) is 23.0 Å². The number of nitro groups is 2. The molecule has 2 aliphatic heterocycles. The fraction of sp³-hybridized carbons (Fsp3) is 0.348. The van der Waals surface area contributed by atoms with Crippen LogP contribution in [0.15, 0.2) is 192 Å². The minimum absolute atomic E-state index is 0.0287. The summed E-state index contributed by atoms with van der Waals surface area (Å²) in [7, 11) is -7.65. The van der Waals surface area contributed by atoms with Gasteiger partial charge in [0.15, 0.2) is 5.52 Å². The first-order valence-corrected chi connectivity index (χ1v) is 45.0. The standard InChI is InChI=1S/C47H49ClN8O6S.C42H41ClN8O6S/c48-35-9-7-31(8-10-35)41-27-47(15-4-16-47)17-13-33(41)29-53-19-21-54(22-20-53)37-11-12-40(43(25-37)62-38-23-32-14-18-49-45(32)50-28-38)46(57)52-63(60,61)39-24-34-30-55(36-5-2-1-3-6-36)51-44(34)42(26-39)56(58)59;1-48-39-30(24-46-48)20-34(22-37(39)51(53)54)58(55,56)47-41(52)35-8-7-32(21-38(35)57-33-19-28-10-14-44-40(28)45-25-33)50-17-15-49(16-18-50)26-29-9-13-42(11-2-12-42)23-36(29)27-3-5-31(43)6-4-27/h7-12,14,18,23-26,28,30,36H,1-6,13,15-17,19-22,27,29H2,(H,49,50)(H,52,57);3-8,10,14,19-22,24-25H,2,9,11-13,15-18,23,26H2,1H3,(H,44,45)(H,47,52). The Kier molecular flexibility index (Phi) is 22.0. The van der Waals surface area contributed by atoms with Gasteiger partial charge in [0.25, 0.3) is 43.2 Å². The number of anilines is 2. The van der Waals surface area contributed by atoms with Crippen molar-refractivity contribution in [2.45, 2.75) is 125 Å². The van der Waals surface area contributed by atoms with Crippen molar-refractivity contribution >= 4 is 133 Å². The molecule has 7 aliphatic rings. The van der Waals surface area contributed by atoms with Crippen LogP contribution in [0, 0.1) is 31.1 Å². The van der Waals surface area contributed by atoms with Crippen LogP contribution >= 0.6 is 23.2 Å². The van der Waals surface area contributed by atoms with E-state index in [0.29, 0.717) is 39.0 Å². The molecular formula is C89H90Cl2N16O12S2. The van der Waals surface area contributed by atoms with E-state index in [0.717, 1.165) is 168 Å². The van der Waals surface area contributed by atoms with Gasteiger partial charge in [-0.3, -0.25) is 49.0 Å². The summed E-state index contributed by atoms with van der Waals surface area (Å²) >= 11 is 12.5. The molecule has 0 radical (unpaired) electrons. The Morgan fingerprint density at radius 3 is 1.45 bits per heavy atom. The van der Waals surface area contributed by atoms with Crippen molar-refractivity contribution in [3.63, 3.8) is 0 Å². The van der Waals surface area contributed by atoms with Crippen molar-refractivity contribution in [1.82, 2.24) is 58.7 Å². The molecule has 2 spiro atoms. The molecule has 121 heavy (non-hydrogen) atoms. The molecule has 12 aromatic rings. The number of allylic oxidation sites excluding steroid dienone is 2. The minimum atomic E-state index is -4.60. The SMILES string of the molecule is Cn1ncc2cc(S(=O)(=O)NC(=O)c3ccc(N4CCN(CC5=C(c6ccc(Cl)cc6)CC6(CCC6)CC5)CC4)cc3Oc3cnc4[nH]ccc4c3)cc([N+](=O)[O-])c21.O=C(NS(=O)(=O)c1cc([N+](=O)[O-])c2nn(C3CCCCC3)cc2c1)c1ccc(N2CCN(CC3=C(c4ccc(Cl)cc4)CC4(CCC4)CC3)CC2)cc1Oc1cnc2[nH]ccc2c1. The van der Waals surface area contributed by atoms with Gasteiger partial charge in [-0.1, -0.05) is 90.7 Å². The second kappa shape index (κ2) is 33.1. The topological polar surface area (TPSA) is 337 Å². The largest absolute Gasteiger partial charge is 0.455 e. The van der Waals surface area contributed by atoms with Crippen LogP contribution in [-0.4, -0.2) is 153 Å². The molecule has 28 nitrogen and oxygen atoms in total. The first kappa shape index (κ1) is 80.5. The average Bonchev–Trinajstić information content (AvgIpc) is 1.73. The highest BCUT2D eigenvalue weighted by Crippen LogP contribution is 2.57. The number of hydrogen-bond donors (Lipinski definition) is 4. The van der Waals surface area contributed by atoms with E-state index in [2.05, 4.69) is 83.4 Å². The van der Waals surface area contributed by atoms with E-state index in [1.54, 1.807) is 71.8 Å². The number of aromatic nitrogens is 8. The second-order valence-corrected chi connectivity index (χ2v) is 37.6. The van der Waals surface area contributed by atoms with E-state index < -0.39 is 62.9 Å². The zero-order chi connectivity index (χ0) is 83.5. The molecule has 5 aliphatic carbocycles. The maximum atomic E-state index is 14.1. The first-order chi connectivity index (χ1) is 58.4. The van der Waals surface area contributed by atoms with Gasteiger partial charge in [0, 0.05) is 158 Å². The van der Waals surface area contributed by atoms with Crippen LogP contribution < -0.4 is 28.7 Å². The number of H-pyrrole nitrogens is 2. The predicted octanol–water partition coefficient (Wildman–Crippen LogP) is 17.7. The van der Waals surface area contributed by atoms with E-state index >= 15 is 0 Å². The average molecular weight is 1710 g/mol. The Morgan fingerprint density at radius 2 is 1.00 bits per heavy atom. The molecule has 4 N–H and O–H groups in total. The number of aromatic amines is 2. The normalized spacial score (nSPS) is 17.9. The number of pyridine rings is 2. The third kappa shape index (κ3) is 16.9. The summed E-state index contributed by atoms with van der Waals surface area (Å²) in [5.41, 5.74) is 11.7. The van der Waals surface area contributed by atoms with E-state index in [1.165, 1.54) is 127 Å². The molecule has 0 bridgehead atoms. The van der Waals surface area contributed by atoms with Crippen LogP contribution in [0.4, 0.5) is 22.7 Å². The quantitative estimate of drug-likeness (QED) is 0.0383. The number of non-ortho nitro benzene ring substituents is 2. The van der Waals surface area contributed by atoms with Gasteiger partial charge >= 0.3 is 0 Å². The number of halogens is 2. The summed E-state index contributed by atoms with van der Waals surface area (Å²) in [6, 6.07) is 38.6. The van der Waals surface area contributed by atoms with Crippen molar-refractivity contribution in [1.29, 1.82) is 0 Å². The predicted molar refractivity (Wildman–Crippen MR) is 465 cm³/mol. The van der Waals surface area contributed by atoms with Crippen molar-refractivity contribution in [3.05, 3.63) is 234 Å². The molecule has 0 atom stereocenters. The number of aryl methyl sites for hydroxylation is 1. The second-order valence-electron chi connectivity index (χ2n) is 33.3. The zero-order valence-corrected chi connectivity index (χ0v) is 69.8. The van der Waals surface area contributed by atoms with E-state index in [4.69, 9.17) is 32.7 Å². The number of fused-ring (bicyclic) bond motifs is 4. The molecule has 8 heterocycles. The highest BCUT2D eigenvalue weighted by atomic mass is 35.5. The molecule has 5 fully saturated rings. The molecule has 0 unspecified atom stereocenters. The number of rotatable bonds is 21.